The van der Waals surface area contributed by atoms with E-state index in [2.05, 4.69) is 12.2 Å². The molecular formula is C17H23N3O4S. The fraction of sp³-hybridized carbons (Fsp3) is 0.529. The van der Waals surface area contributed by atoms with Gasteiger partial charge < -0.3 is 10.2 Å². The number of piperidine rings is 1. The van der Waals surface area contributed by atoms with Gasteiger partial charge in [-0.1, -0.05) is 13.0 Å². The molecule has 8 heteroatoms. The summed E-state index contributed by atoms with van der Waals surface area (Å²) in [4.78, 5) is 37.1. The van der Waals surface area contributed by atoms with E-state index in [-0.39, 0.29) is 17.5 Å². The number of thioether (sulfide) groups is 1. The van der Waals surface area contributed by atoms with Crippen molar-refractivity contribution in [3.8, 4) is 0 Å². The summed E-state index contributed by atoms with van der Waals surface area (Å²) in [5.41, 5.74) is 0.0115. The summed E-state index contributed by atoms with van der Waals surface area (Å²) in [5.74, 6) is 0.608. The predicted octanol–water partition coefficient (Wildman–Crippen LogP) is 2.45. The van der Waals surface area contributed by atoms with Crippen LogP contribution in [0, 0.1) is 16.0 Å². The summed E-state index contributed by atoms with van der Waals surface area (Å²) in [5, 5.41) is 13.6. The molecule has 2 rings (SSSR count). The smallest absolute Gasteiger partial charge is 0.270 e. The number of nitro groups is 1. The van der Waals surface area contributed by atoms with Gasteiger partial charge in [-0.25, -0.2) is 0 Å². The van der Waals surface area contributed by atoms with E-state index in [1.54, 1.807) is 17.0 Å². The first kappa shape index (κ1) is 19.2. The summed E-state index contributed by atoms with van der Waals surface area (Å²) in [6.07, 6.45) is 1.94. The lowest BCUT2D eigenvalue weighted by atomic mass is 9.99. The monoisotopic (exact) mass is 365 g/mol. The molecule has 1 aromatic rings. The van der Waals surface area contributed by atoms with Crippen LogP contribution in [0.15, 0.2) is 29.2 Å². The Morgan fingerprint density at radius 3 is 2.68 bits per heavy atom. The molecule has 7 nitrogen and oxygen atoms in total. The number of benzene rings is 1. The number of hydrogen-bond acceptors (Lipinski definition) is 5. The molecule has 0 saturated carbocycles. The number of rotatable bonds is 6. The molecule has 0 bridgehead atoms. The van der Waals surface area contributed by atoms with Gasteiger partial charge in [-0.05, 0) is 24.8 Å². The maximum absolute atomic E-state index is 12.7. The number of nitrogens with one attached hydrogen (secondary N) is 1. The van der Waals surface area contributed by atoms with Crippen LogP contribution in [0.25, 0.3) is 0 Å². The number of hydrogen-bond donors (Lipinski definition) is 1. The van der Waals surface area contributed by atoms with Gasteiger partial charge in [0.15, 0.2) is 0 Å². The fourth-order valence-electron chi connectivity index (χ4n) is 2.74. The second-order valence-corrected chi connectivity index (χ2v) is 7.42. The molecule has 1 aliphatic rings. The molecule has 1 aliphatic heterocycles. The standard InChI is InChI=1S/C17H23N3O4S/c1-12-6-8-19(9-7-12)17(22)16(18-13(2)21)11-25-15-5-3-4-14(10-15)20(23)24/h3-5,10,12,16H,6-9,11H2,1-2H3,(H,18,21). The van der Waals surface area contributed by atoms with Gasteiger partial charge in [0.1, 0.15) is 6.04 Å². The Morgan fingerprint density at radius 1 is 1.40 bits per heavy atom. The van der Waals surface area contributed by atoms with Crippen molar-refractivity contribution in [2.75, 3.05) is 18.8 Å². The molecular weight excluding hydrogens is 342 g/mol. The molecule has 1 atom stereocenters. The van der Waals surface area contributed by atoms with E-state index >= 15 is 0 Å². The molecule has 2 amide bonds. The molecule has 1 N–H and O–H groups in total. The number of likely N-dealkylation sites (tertiary alicyclic amines) is 1. The van der Waals surface area contributed by atoms with Crippen LogP contribution in [0.5, 0.6) is 0 Å². The molecule has 1 heterocycles. The Morgan fingerprint density at radius 2 is 2.08 bits per heavy atom. The van der Waals surface area contributed by atoms with Crippen molar-refractivity contribution in [1.29, 1.82) is 0 Å². The van der Waals surface area contributed by atoms with Gasteiger partial charge in [-0.3, -0.25) is 19.7 Å². The van der Waals surface area contributed by atoms with Crippen LogP contribution in [0.3, 0.4) is 0 Å². The van der Waals surface area contributed by atoms with Crippen LogP contribution in [0.1, 0.15) is 26.7 Å². The molecule has 25 heavy (non-hydrogen) atoms. The highest BCUT2D eigenvalue weighted by Crippen LogP contribution is 2.24. The van der Waals surface area contributed by atoms with Crippen molar-refractivity contribution in [2.45, 2.75) is 37.6 Å². The van der Waals surface area contributed by atoms with E-state index in [9.17, 15) is 19.7 Å². The minimum absolute atomic E-state index is 0.0115. The predicted molar refractivity (Wildman–Crippen MR) is 96.4 cm³/mol. The van der Waals surface area contributed by atoms with Crippen molar-refractivity contribution in [2.24, 2.45) is 5.92 Å². The van der Waals surface area contributed by atoms with Crippen molar-refractivity contribution in [3.05, 3.63) is 34.4 Å². The third kappa shape index (κ3) is 5.74. The van der Waals surface area contributed by atoms with Crippen LogP contribution < -0.4 is 5.32 Å². The lowest BCUT2D eigenvalue weighted by Gasteiger charge is -2.33. The fourth-order valence-corrected chi connectivity index (χ4v) is 3.70. The van der Waals surface area contributed by atoms with Crippen LogP contribution in [0.4, 0.5) is 5.69 Å². The number of carbonyl (C=O) groups is 2. The Bertz CT molecular complexity index is 645. The molecule has 1 aromatic carbocycles. The zero-order chi connectivity index (χ0) is 18.4. The largest absolute Gasteiger partial charge is 0.344 e. The van der Waals surface area contributed by atoms with Gasteiger partial charge in [-0.2, -0.15) is 0 Å². The Balaban J connectivity index is 2.02. The normalized spacial score (nSPS) is 16.3. The SMILES string of the molecule is CC(=O)NC(CSc1cccc([N+](=O)[O-])c1)C(=O)N1CCC(C)CC1. The third-order valence-corrected chi connectivity index (χ3v) is 5.30. The Hall–Kier alpha value is -2.09. The summed E-state index contributed by atoms with van der Waals surface area (Å²) < 4.78 is 0. The van der Waals surface area contributed by atoms with Crippen LogP contribution in [-0.4, -0.2) is 46.5 Å². The van der Waals surface area contributed by atoms with E-state index in [0.717, 1.165) is 12.8 Å². The first-order valence-corrected chi connectivity index (χ1v) is 9.28. The zero-order valence-electron chi connectivity index (χ0n) is 14.4. The molecule has 0 radical (unpaired) electrons. The van der Waals surface area contributed by atoms with Crippen molar-refractivity contribution in [1.82, 2.24) is 10.2 Å². The van der Waals surface area contributed by atoms with E-state index in [1.165, 1.54) is 30.8 Å². The van der Waals surface area contributed by atoms with Gasteiger partial charge in [0.25, 0.3) is 5.69 Å². The number of nitro benzene ring substituents is 1. The maximum Gasteiger partial charge on any atom is 0.270 e. The molecule has 136 valence electrons. The van der Waals surface area contributed by atoms with Gasteiger partial charge in [0.2, 0.25) is 11.8 Å². The van der Waals surface area contributed by atoms with E-state index in [0.29, 0.717) is 29.7 Å². The topological polar surface area (TPSA) is 92.5 Å². The van der Waals surface area contributed by atoms with Crippen LogP contribution in [-0.2, 0) is 9.59 Å². The summed E-state index contributed by atoms with van der Waals surface area (Å²) in [6.45, 7) is 4.97. The lowest BCUT2D eigenvalue weighted by molar-refractivity contribution is -0.385. The Kier molecular flexibility index (Phi) is 6.81. The summed E-state index contributed by atoms with van der Waals surface area (Å²) in [7, 11) is 0. The second-order valence-electron chi connectivity index (χ2n) is 6.33. The van der Waals surface area contributed by atoms with E-state index < -0.39 is 11.0 Å². The molecule has 0 aliphatic carbocycles. The van der Waals surface area contributed by atoms with Gasteiger partial charge in [0, 0.05) is 42.8 Å². The van der Waals surface area contributed by atoms with Gasteiger partial charge in [-0.15, -0.1) is 11.8 Å². The molecule has 0 spiro atoms. The number of carbonyl (C=O) groups excluding carboxylic acids is 2. The summed E-state index contributed by atoms with van der Waals surface area (Å²) >= 11 is 1.33. The first-order chi connectivity index (χ1) is 11.9. The third-order valence-electron chi connectivity index (χ3n) is 4.22. The molecule has 1 unspecified atom stereocenters. The van der Waals surface area contributed by atoms with Crippen molar-refractivity contribution in [3.63, 3.8) is 0 Å². The highest BCUT2D eigenvalue weighted by atomic mass is 32.2. The average molecular weight is 365 g/mol. The van der Waals surface area contributed by atoms with Crippen LogP contribution >= 0.6 is 11.8 Å². The quantitative estimate of drug-likeness (QED) is 0.475. The Labute approximate surface area is 151 Å². The molecule has 1 fully saturated rings. The zero-order valence-corrected chi connectivity index (χ0v) is 15.3. The maximum atomic E-state index is 12.7. The number of amides is 2. The van der Waals surface area contributed by atoms with Crippen molar-refractivity contribution >= 4 is 29.3 Å². The number of non-ortho nitro benzene ring substituents is 1. The first-order valence-electron chi connectivity index (χ1n) is 8.30. The van der Waals surface area contributed by atoms with Gasteiger partial charge in [0.05, 0.1) is 4.92 Å². The minimum atomic E-state index is -0.629. The van der Waals surface area contributed by atoms with Crippen LogP contribution in [0.2, 0.25) is 0 Å². The second kappa shape index (κ2) is 8.84. The lowest BCUT2D eigenvalue weighted by Crippen LogP contribution is -2.51. The van der Waals surface area contributed by atoms with Gasteiger partial charge >= 0.3 is 0 Å². The van der Waals surface area contributed by atoms with E-state index in [4.69, 9.17) is 0 Å². The highest BCUT2D eigenvalue weighted by Gasteiger charge is 2.28. The number of nitrogens with zero attached hydrogens (tertiary/aromatic N) is 2. The molecule has 0 aromatic heterocycles. The summed E-state index contributed by atoms with van der Waals surface area (Å²) in [6, 6.07) is 5.64. The highest BCUT2D eigenvalue weighted by molar-refractivity contribution is 7.99. The minimum Gasteiger partial charge on any atom is -0.344 e. The van der Waals surface area contributed by atoms with E-state index in [1.807, 2.05) is 0 Å². The average Bonchev–Trinajstić information content (AvgIpc) is 2.58. The molecule has 1 saturated heterocycles. The van der Waals surface area contributed by atoms with Crippen molar-refractivity contribution < 1.29 is 14.5 Å².